The molecule has 20 heavy (non-hydrogen) atoms. The SMILES string of the molecule is Cc1ccc(C(=O)O)cc1NC(C)CCc1ccco1. The van der Waals surface area contributed by atoms with Gasteiger partial charge in [-0.2, -0.15) is 0 Å². The van der Waals surface area contributed by atoms with Gasteiger partial charge in [-0.1, -0.05) is 6.07 Å². The molecule has 1 aromatic heterocycles. The lowest BCUT2D eigenvalue weighted by Crippen LogP contribution is -2.17. The molecule has 0 aliphatic carbocycles. The first kappa shape index (κ1) is 14.2. The van der Waals surface area contributed by atoms with Crippen LogP contribution in [0.25, 0.3) is 0 Å². The van der Waals surface area contributed by atoms with Crippen LogP contribution in [0.2, 0.25) is 0 Å². The molecule has 0 fully saturated rings. The van der Waals surface area contributed by atoms with Gasteiger partial charge < -0.3 is 14.8 Å². The molecule has 106 valence electrons. The monoisotopic (exact) mass is 273 g/mol. The van der Waals surface area contributed by atoms with Gasteiger partial charge in [-0.05, 0) is 50.1 Å². The molecule has 1 unspecified atom stereocenters. The van der Waals surface area contributed by atoms with Crippen LogP contribution in [-0.4, -0.2) is 17.1 Å². The number of carbonyl (C=O) groups is 1. The molecule has 1 heterocycles. The Bertz CT molecular complexity index is 575. The second-order valence-corrected chi connectivity index (χ2v) is 5.00. The van der Waals surface area contributed by atoms with E-state index in [4.69, 9.17) is 9.52 Å². The average Bonchev–Trinajstić information content (AvgIpc) is 2.92. The van der Waals surface area contributed by atoms with Crippen LogP contribution in [0.1, 0.15) is 35.0 Å². The number of anilines is 1. The van der Waals surface area contributed by atoms with Crippen molar-refractivity contribution >= 4 is 11.7 Å². The quantitative estimate of drug-likeness (QED) is 0.842. The zero-order valence-electron chi connectivity index (χ0n) is 11.7. The first-order valence-corrected chi connectivity index (χ1v) is 6.69. The van der Waals surface area contributed by atoms with Crippen molar-refractivity contribution in [2.24, 2.45) is 0 Å². The van der Waals surface area contributed by atoms with Gasteiger partial charge in [0.25, 0.3) is 0 Å². The standard InChI is InChI=1S/C16H19NO3/c1-11-5-7-13(16(18)19)10-15(11)17-12(2)6-8-14-4-3-9-20-14/h3-5,7,9-10,12,17H,6,8H2,1-2H3,(H,18,19). The van der Waals surface area contributed by atoms with Gasteiger partial charge in [0.2, 0.25) is 0 Å². The Labute approximate surface area is 118 Å². The number of benzene rings is 1. The highest BCUT2D eigenvalue weighted by Gasteiger charge is 2.09. The minimum absolute atomic E-state index is 0.239. The highest BCUT2D eigenvalue weighted by Crippen LogP contribution is 2.19. The topological polar surface area (TPSA) is 62.5 Å². The molecule has 1 atom stereocenters. The van der Waals surface area contributed by atoms with E-state index in [1.807, 2.05) is 25.1 Å². The van der Waals surface area contributed by atoms with Crippen LogP contribution >= 0.6 is 0 Å². The minimum Gasteiger partial charge on any atom is -0.478 e. The largest absolute Gasteiger partial charge is 0.478 e. The van der Waals surface area contributed by atoms with E-state index in [0.717, 1.165) is 29.9 Å². The van der Waals surface area contributed by atoms with E-state index in [9.17, 15) is 4.79 Å². The molecule has 0 saturated heterocycles. The van der Waals surface area contributed by atoms with Crippen molar-refractivity contribution in [3.05, 3.63) is 53.5 Å². The van der Waals surface area contributed by atoms with Crippen LogP contribution in [0.4, 0.5) is 5.69 Å². The maximum absolute atomic E-state index is 11.0. The number of hydrogen-bond acceptors (Lipinski definition) is 3. The molecule has 4 nitrogen and oxygen atoms in total. The third-order valence-corrected chi connectivity index (χ3v) is 3.29. The number of rotatable bonds is 6. The third-order valence-electron chi connectivity index (χ3n) is 3.29. The normalized spacial score (nSPS) is 12.1. The molecule has 0 aliphatic heterocycles. The summed E-state index contributed by atoms with van der Waals surface area (Å²) in [5.74, 6) is 0.0611. The van der Waals surface area contributed by atoms with Gasteiger partial charge >= 0.3 is 5.97 Å². The molecule has 2 rings (SSSR count). The van der Waals surface area contributed by atoms with E-state index in [1.165, 1.54) is 0 Å². The van der Waals surface area contributed by atoms with Gasteiger partial charge in [-0.15, -0.1) is 0 Å². The highest BCUT2D eigenvalue weighted by atomic mass is 16.4. The lowest BCUT2D eigenvalue weighted by Gasteiger charge is -2.17. The van der Waals surface area contributed by atoms with Crippen molar-refractivity contribution in [2.75, 3.05) is 5.32 Å². The van der Waals surface area contributed by atoms with Gasteiger partial charge in [0.15, 0.2) is 0 Å². The fraction of sp³-hybridized carbons (Fsp3) is 0.312. The van der Waals surface area contributed by atoms with E-state index in [0.29, 0.717) is 5.56 Å². The Hall–Kier alpha value is -2.23. The summed E-state index contributed by atoms with van der Waals surface area (Å²) in [6, 6.07) is 9.21. The summed E-state index contributed by atoms with van der Waals surface area (Å²) in [7, 11) is 0. The Kier molecular flexibility index (Phi) is 4.45. The number of aryl methyl sites for hydroxylation is 2. The van der Waals surface area contributed by atoms with Crippen LogP contribution in [0.15, 0.2) is 41.0 Å². The van der Waals surface area contributed by atoms with Crippen molar-refractivity contribution in [1.82, 2.24) is 0 Å². The van der Waals surface area contributed by atoms with Crippen LogP contribution in [0, 0.1) is 6.92 Å². The van der Waals surface area contributed by atoms with E-state index < -0.39 is 5.97 Å². The Morgan fingerprint density at radius 1 is 1.40 bits per heavy atom. The molecule has 0 amide bonds. The number of hydrogen-bond donors (Lipinski definition) is 2. The molecule has 2 N–H and O–H groups in total. The minimum atomic E-state index is -0.906. The Balaban J connectivity index is 1.98. The van der Waals surface area contributed by atoms with Crippen LogP contribution in [0.5, 0.6) is 0 Å². The number of aromatic carboxylic acids is 1. The van der Waals surface area contributed by atoms with Crippen LogP contribution < -0.4 is 5.32 Å². The van der Waals surface area contributed by atoms with E-state index in [-0.39, 0.29) is 6.04 Å². The highest BCUT2D eigenvalue weighted by molar-refractivity contribution is 5.89. The van der Waals surface area contributed by atoms with Gasteiger partial charge in [-0.25, -0.2) is 4.79 Å². The summed E-state index contributed by atoms with van der Waals surface area (Å²) in [6.45, 7) is 4.04. The molecule has 0 radical (unpaired) electrons. The van der Waals surface area contributed by atoms with Crippen molar-refractivity contribution in [2.45, 2.75) is 32.7 Å². The predicted octanol–water partition coefficient (Wildman–Crippen LogP) is 3.72. The number of carboxylic acids is 1. The maximum atomic E-state index is 11.0. The number of nitrogens with one attached hydrogen (secondary N) is 1. The lowest BCUT2D eigenvalue weighted by molar-refractivity contribution is 0.0697. The number of carboxylic acid groups (broad SMARTS) is 1. The number of furan rings is 1. The second-order valence-electron chi connectivity index (χ2n) is 5.00. The van der Waals surface area contributed by atoms with Gasteiger partial charge in [-0.3, -0.25) is 0 Å². The Morgan fingerprint density at radius 3 is 2.85 bits per heavy atom. The molecular formula is C16H19NO3. The second kappa shape index (κ2) is 6.28. The van der Waals surface area contributed by atoms with Crippen LogP contribution in [-0.2, 0) is 6.42 Å². The smallest absolute Gasteiger partial charge is 0.335 e. The molecule has 2 aromatic rings. The predicted molar refractivity (Wildman–Crippen MR) is 78.3 cm³/mol. The molecule has 0 aliphatic rings. The first-order chi connectivity index (χ1) is 9.56. The molecule has 0 saturated carbocycles. The zero-order valence-corrected chi connectivity index (χ0v) is 11.7. The van der Waals surface area contributed by atoms with E-state index in [2.05, 4.69) is 12.2 Å². The molecule has 0 bridgehead atoms. The summed E-state index contributed by atoms with van der Waals surface area (Å²) in [5.41, 5.74) is 2.22. The molecular weight excluding hydrogens is 254 g/mol. The summed E-state index contributed by atoms with van der Waals surface area (Å²) < 4.78 is 5.30. The fourth-order valence-electron chi connectivity index (χ4n) is 2.06. The summed E-state index contributed by atoms with van der Waals surface area (Å²) in [6.07, 6.45) is 3.46. The Morgan fingerprint density at radius 2 is 2.20 bits per heavy atom. The van der Waals surface area contributed by atoms with Gasteiger partial charge in [0.1, 0.15) is 5.76 Å². The lowest BCUT2D eigenvalue weighted by atomic mass is 10.1. The summed E-state index contributed by atoms with van der Waals surface area (Å²) in [4.78, 5) is 11.0. The molecule has 0 spiro atoms. The summed E-state index contributed by atoms with van der Waals surface area (Å²) >= 11 is 0. The average molecular weight is 273 g/mol. The van der Waals surface area contributed by atoms with Crippen LogP contribution in [0.3, 0.4) is 0 Å². The van der Waals surface area contributed by atoms with Gasteiger partial charge in [0.05, 0.1) is 11.8 Å². The van der Waals surface area contributed by atoms with E-state index in [1.54, 1.807) is 18.4 Å². The third kappa shape index (κ3) is 3.63. The van der Waals surface area contributed by atoms with Crippen molar-refractivity contribution < 1.29 is 14.3 Å². The molecule has 1 aromatic carbocycles. The van der Waals surface area contributed by atoms with Crippen molar-refractivity contribution in [3.8, 4) is 0 Å². The fourth-order valence-corrected chi connectivity index (χ4v) is 2.06. The molecule has 4 heteroatoms. The van der Waals surface area contributed by atoms with Gasteiger partial charge in [0, 0.05) is 18.2 Å². The first-order valence-electron chi connectivity index (χ1n) is 6.69. The van der Waals surface area contributed by atoms with Crippen molar-refractivity contribution in [1.29, 1.82) is 0 Å². The van der Waals surface area contributed by atoms with Crippen molar-refractivity contribution in [3.63, 3.8) is 0 Å². The zero-order chi connectivity index (χ0) is 14.5. The van der Waals surface area contributed by atoms with E-state index >= 15 is 0 Å². The maximum Gasteiger partial charge on any atom is 0.335 e. The summed E-state index contributed by atoms with van der Waals surface area (Å²) in [5, 5.41) is 12.4.